The Hall–Kier alpha value is -1.56. The van der Waals surface area contributed by atoms with Crippen molar-refractivity contribution >= 4 is 29.3 Å². The van der Waals surface area contributed by atoms with Crippen LogP contribution in [0.4, 0.5) is 11.8 Å². The van der Waals surface area contributed by atoms with Crippen molar-refractivity contribution in [3.05, 3.63) is 11.2 Å². The van der Waals surface area contributed by atoms with Gasteiger partial charge in [-0.1, -0.05) is 11.6 Å². The molecule has 1 aromatic heterocycles. The molecule has 0 fully saturated rings. The van der Waals surface area contributed by atoms with Gasteiger partial charge in [0.05, 0.1) is 13.3 Å². The van der Waals surface area contributed by atoms with Crippen LogP contribution in [0.25, 0.3) is 0 Å². The van der Waals surface area contributed by atoms with Crippen LogP contribution in [0, 0.1) is 0 Å². The van der Waals surface area contributed by atoms with Crippen LogP contribution in [0.2, 0.25) is 5.02 Å². The fourth-order valence-corrected chi connectivity index (χ4v) is 1.18. The van der Waals surface area contributed by atoms with E-state index in [2.05, 4.69) is 25.3 Å². The molecule has 6 nitrogen and oxygen atoms in total. The van der Waals surface area contributed by atoms with Gasteiger partial charge in [0.15, 0.2) is 5.82 Å². The number of halogens is 1. The summed E-state index contributed by atoms with van der Waals surface area (Å²) in [5.74, 6) is 0.420. The number of esters is 1. The van der Waals surface area contributed by atoms with Crippen molar-refractivity contribution in [1.82, 2.24) is 9.97 Å². The number of anilines is 2. The molecule has 0 bridgehead atoms. The molecule has 1 atom stereocenters. The van der Waals surface area contributed by atoms with Crippen LogP contribution in [0.5, 0.6) is 0 Å². The number of ether oxygens (including phenoxy) is 1. The summed E-state index contributed by atoms with van der Waals surface area (Å²) in [7, 11) is 3.01. The van der Waals surface area contributed by atoms with E-state index in [-0.39, 0.29) is 5.97 Å². The number of methoxy groups -OCH3 is 1. The third kappa shape index (κ3) is 2.96. The molecular weight excluding hydrogens is 232 g/mol. The summed E-state index contributed by atoms with van der Waals surface area (Å²) in [6, 6.07) is -0.526. The molecule has 0 spiro atoms. The van der Waals surface area contributed by atoms with E-state index < -0.39 is 6.04 Å². The number of nitrogens with zero attached hydrogens (tertiary/aromatic N) is 2. The number of hydrogen-bond acceptors (Lipinski definition) is 6. The number of rotatable bonds is 4. The Kier molecular flexibility index (Phi) is 4.30. The van der Waals surface area contributed by atoms with Gasteiger partial charge in [0, 0.05) is 7.05 Å². The van der Waals surface area contributed by atoms with E-state index in [1.54, 1.807) is 14.0 Å². The molecule has 1 heterocycles. The van der Waals surface area contributed by atoms with Gasteiger partial charge in [-0.25, -0.2) is 9.78 Å². The Morgan fingerprint density at radius 1 is 1.62 bits per heavy atom. The van der Waals surface area contributed by atoms with Crippen molar-refractivity contribution in [2.75, 3.05) is 24.8 Å². The van der Waals surface area contributed by atoms with Gasteiger partial charge in [-0.05, 0) is 6.92 Å². The Balaban J connectivity index is 2.83. The zero-order valence-electron chi connectivity index (χ0n) is 9.24. The van der Waals surface area contributed by atoms with Gasteiger partial charge in [-0.2, -0.15) is 4.98 Å². The summed E-state index contributed by atoms with van der Waals surface area (Å²) in [6.45, 7) is 1.66. The molecule has 0 aromatic carbocycles. The van der Waals surface area contributed by atoms with Gasteiger partial charge in [-0.15, -0.1) is 0 Å². The van der Waals surface area contributed by atoms with Crippen molar-refractivity contribution < 1.29 is 9.53 Å². The van der Waals surface area contributed by atoms with Gasteiger partial charge in [0.1, 0.15) is 11.1 Å². The molecule has 16 heavy (non-hydrogen) atoms. The number of nitrogens with one attached hydrogen (secondary N) is 2. The first-order chi connectivity index (χ1) is 7.58. The number of aromatic nitrogens is 2. The summed E-state index contributed by atoms with van der Waals surface area (Å²) < 4.78 is 4.58. The van der Waals surface area contributed by atoms with Gasteiger partial charge in [0.25, 0.3) is 0 Å². The molecule has 0 radical (unpaired) electrons. The van der Waals surface area contributed by atoms with Gasteiger partial charge in [0.2, 0.25) is 5.95 Å². The molecule has 1 unspecified atom stereocenters. The lowest BCUT2D eigenvalue weighted by Crippen LogP contribution is -2.27. The largest absolute Gasteiger partial charge is 0.467 e. The molecule has 88 valence electrons. The van der Waals surface area contributed by atoms with Gasteiger partial charge < -0.3 is 15.4 Å². The summed E-state index contributed by atoms with van der Waals surface area (Å²) >= 11 is 5.88. The third-order valence-electron chi connectivity index (χ3n) is 1.88. The van der Waals surface area contributed by atoms with Crippen molar-refractivity contribution in [1.29, 1.82) is 0 Å². The number of carbonyl (C=O) groups is 1. The number of carbonyl (C=O) groups excluding carboxylic acids is 1. The van der Waals surface area contributed by atoms with E-state index in [4.69, 9.17) is 11.6 Å². The summed E-state index contributed by atoms with van der Waals surface area (Å²) in [5, 5.41) is 5.95. The second kappa shape index (κ2) is 5.50. The van der Waals surface area contributed by atoms with E-state index in [0.717, 1.165) is 0 Å². The average molecular weight is 245 g/mol. The van der Waals surface area contributed by atoms with E-state index >= 15 is 0 Å². The highest BCUT2D eigenvalue weighted by Crippen LogP contribution is 2.19. The van der Waals surface area contributed by atoms with Gasteiger partial charge >= 0.3 is 5.97 Å². The highest BCUT2D eigenvalue weighted by Gasteiger charge is 2.15. The van der Waals surface area contributed by atoms with Crippen molar-refractivity contribution in [2.24, 2.45) is 0 Å². The first-order valence-corrected chi connectivity index (χ1v) is 5.01. The number of hydrogen-bond donors (Lipinski definition) is 2. The Bertz CT molecular complexity index is 386. The maximum Gasteiger partial charge on any atom is 0.328 e. The predicted octanol–water partition coefficient (Wildman–Crippen LogP) is 1.15. The minimum atomic E-state index is -0.526. The second-order valence-electron chi connectivity index (χ2n) is 3.03. The van der Waals surface area contributed by atoms with Crippen LogP contribution < -0.4 is 10.6 Å². The van der Waals surface area contributed by atoms with Crippen LogP contribution in [-0.2, 0) is 9.53 Å². The first kappa shape index (κ1) is 12.5. The average Bonchev–Trinajstić information content (AvgIpc) is 2.30. The molecule has 0 amide bonds. The van der Waals surface area contributed by atoms with Crippen LogP contribution in [-0.4, -0.2) is 36.1 Å². The lowest BCUT2D eigenvalue weighted by Gasteiger charge is -2.13. The highest BCUT2D eigenvalue weighted by molar-refractivity contribution is 6.32. The predicted molar refractivity (Wildman–Crippen MR) is 61.7 cm³/mol. The van der Waals surface area contributed by atoms with Crippen LogP contribution >= 0.6 is 11.6 Å². The fourth-order valence-electron chi connectivity index (χ4n) is 1.03. The lowest BCUT2D eigenvalue weighted by atomic mass is 10.3. The minimum Gasteiger partial charge on any atom is -0.467 e. The Labute approximate surface area is 98.4 Å². The van der Waals surface area contributed by atoms with Crippen LogP contribution in [0.1, 0.15) is 6.92 Å². The van der Waals surface area contributed by atoms with Crippen molar-refractivity contribution in [3.8, 4) is 0 Å². The zero-order chi connectivity index (χ0) is 12.1. The maximum atomic E-state index is 11.2. The summed E-state index contributed by atoms with van der Waals surface area (Å²) in [4.78, 5) is 19.2. The Morgan fingerprint density at radius 3 is 2.88 bits per heavy atom. The highest BCUT2D eigenvalue weighted by atomic mass is 35.5. The normalized spacial score (nSPS) is 11.8. The smallest absolute Gasteiger partial charge is 0.328 e. The maximum absolute atomic E-state index is 11.2. The Morgan fingerprint density at radius 2 is 2.31 bits per heavy atom. The lowest BCUT2D eigenvalue weighted by molar-refractivity contribution is -0.141. The van der Waals surface area contributed by atoms with E-state index in [9.17, 15) is 4.79 Å². The monoisotopic (exact) mass is 244 g/mol. The standard InChI is InChI=1S/C9H13ClN4O2/c1-5(8(15)16-3)13-7-6(10)4-12-9(11-2)14-7/h4-5H,1-3H3,(H2,11,12,13,14). The molecule has 1 aromatic rings. The van der Waals surface area contributed by atoms with Gasteiger partial charge in [-0.3, -0.25) is 0 Å². The molecule has 0 aliphatic rings. The fraction of sp³-hybridized carbons (Fsp3) is 0.444. The third-order valence-corrected chi connectivity index (χ3v) is 2.15. The minimum absolute atomic E-state index is 0.342. The molecule has 7 heteroatoms. The first-order valence-electron chi connectivity index (χ1n) is 4.63. The topological polar surface area (TPSA) is 76.1 Å². The second-order valence-corrected chi connectivity index (χ2v) is 3.44. The summed E-state index contributed by atoms with van der Waals surface area (Å²) in [6.07, 6.45) is 1.45. The van der Waals surface area contributed by atoms with E-state index in [0.29, 0.717) is 16.8 Å². The van der Waals surface area contributed by atoms with Crippen LogP contribution in [0.3, 0.4) is 0 Å². The SMILES string of the molecule is CNc1ncc(Cl)c(NC(C)C(=O)OC)n1. The summed E-state index contributed by atoms with van der Waals surface area (Å²) in [5.41, 5.74) is 0. The van der Waals surface area contributed by atoms with Crippen LogP contribution in [0.15, 0.2) is 6.20 Å². The van der Waals surface area contributed by atoms with E-state index in [1.807, 2.05) is 0 Å². The molecular formula is C9H13ClN4O2. The molecule has 1 rings (SSSR count). The molecule has 0 aliphatic carbocycles. The molecule has 2 N–H and O–H groups in total. The van der Waals surface area contributed by atoms with Crippen molar-refractivity contribution in [3.63, 3.8) is 0 Å². The quantitative estimate of drug-likeness (QED) is 0.774. The van der Waals surface area contributed by atoms with Crippen molar-refractivity contribution in [2.45, 2.75) is 13.0 Å². The van der Waals surface area contributed by atoms with E-state index in [1.165, 1.54) is 13.3 Å². The molecule has 0 saturated carbocycles. The zero-order valence-corrected chi connectivity index (χ0v) is 10.00. The molecule has 0 saturated heterocycles. The molecule has 0 aliphatic heterocycles.